The van der Waals surface area contributed by atoms with Crippen molar-refractivity contribution in [2.75, 3.05) is 0 Å². The molecule has 2 N–H and O–H groups in total. The fraction of sp³-hybridized carbons (Fsp3) is 0.200. The Labute approximate surface area is 81.0 Å². The van der Waals surface area contributed by atoms with E-state index >= 15 is 0 Å². The summed E-state index contributed by atoms with van der Waals surface area (Å²) in [5, 5.41) is 27.1. The number of nitriles is 1. The molecule has 0 aliphatic rings. The van der Waals surface area contributed by atoms with E-state index in [0.29, 0.717) is 0 Å². The van der Waals surface area contributed by atoms with Crippen molar-refractivity contribution in [2.45, 2.75) is 12.5 Å². The van der Waals surface area contributed by atoms with E-state index in [2.05, 4.69) is 0 Å². The summed E-state index contributed by atoms with van der Waals surface area (Å²) in [7, 11) is 0. The van der Waals surface area contributed by atoms with E-state index in [1.807, 2.05) is 0 Å². The van der Waals surface area contributed by atoms with Crippen molar-refractivity contribution in [1.82, 2.24) is 0 Å². The molecule has 1 aromatic rings. The molecule has 0 fully saturated rings. The highest BCUT2D eigenvalue weighted by molar-refractivity contribution is 5.89. The minimum absolute atomic E-state index is 0.0564. The number of benzene rings is 1. The summed E-state index contributed by atoms with van der Waals surface area (Å²) >= 11 is 0. The van der Waals surface area contributed by atoms with Crippen molar-refractivity contribution in [2.24, 2.45) is 0 Å². The van der Waals surface area contributed by atoms with E-state index in [4.69, 9.17) is 10.4 Å². The van der Waals surface area contributed by atoms with Gasteiger partial charge in [0.1, 0.15) is 6.07 Å². The molecule has 1 aromatic carbocycles. The lowest BCUT2D eigenvalue weighted by atomic mass is 9.93. The number of hydrogen-bond donors (Lipinski definition) is 2. The maximum atomic E-state index is 10.8. The predicted molar refractivity (Wildman–Crippen MR) is 48.6 cm³/mol. The molecule has 0 bridgehead atoms. The molecule has 0 aliphatic heterocycles. The number of carboxylic acids is 1. The standard InChI is InChI=1S/C10H9NO3/c1-10(14,6-11)8-5-3-2-4-7(8)9(12)13/h2-5,14H,1H3,(H,12,13). The van der Waals surface area contributed by atoms with Gasteiger partial charge in [0, 0.05) is 5.56 Å². The molecule has 4 nitrogen and oxygen atoms in total. The van der Waals surface area contributed by atoms with Crippen molar-refractivity contribution >= 4 is 5.97 Å². The van der Waals surface area contributed by atoms with E-state index in [1.165, 1.54) is 19.1 Å². The summed E-state index contributed by atoms with van der Waals surface area (Å²) in [6.45, 7) is 1.26. The third-order valence-electron chi connectivity index (χ3n) is 1.90. The molecule has 1 atom stereocenters. The Morgan fingerprint density at radius 3 is 2.57 bits per heavy atom. The van der Waals surface area contributed by atoms with Crippen LogP contribution in [0.5, 0.6) is 0 Å². The van der Waals surface area contributed by atoms with Crippen LogP contribution in [0.4, 0.5) is 0 Å². The van der Waals surface area contributed by atoms with Gasteiger partial charge in [0.15, 0.2) is 5.60 Å². The van der Waals surface area contributed by atoms with Gasteiger partial charge in [-0.15, -0.1) is 0 Å². The fourth-order valence-corrected chi connectivity index (χ4v) is 1.15. The second-order valence-corrected chi connectivity index (χ2v) is 3.03. The Morgan fingerprint density at radius 2 is 2.07 bits per heavy atom. The zero-order valence-electron chi connectivity index (χ0n) is 7.56. The van der Waals surface area contributed by atoms with Crippen LogP contribution in [0, 0.1) is 11.3 Å². The molecule has 0 heterocycles. The van der Waals surface area contributed by atoms with E-state index in [9.17, 15) is 9.90 Å². The van der Waals surface area contributed by atoms with Crippen LogP contribution < -0.4 is 0 Å². The molecule has 1 rings (SSSR count). The minimum atomic E-state index is -1.77. The molecular weight excluding hydrogens is 182 g/mol. The molecule has 72 valence electrons. The first-order valence-electron chi connectivity index (χ1n) is 3.95. The monoisotopic (exact) mass is 191 g/mol. The molecule has 0 aromatic heterocycles. The number of nitrogens with zero attached hydrogens (tertiary/aromatic N) is 1. The highest BCUT2D eigenvalue weighted by Crippen LogP contribution is 2.23. The summed E-state index contributed by atoms with van der Waals surface area (Å²) in [6, 6.07) is 7.54. The van der Waals surface area contributed by atoms with Crippen LogP contribution in [0.15, 0.2) is 24.3 Å². The summed E-state index contributed by atoms with van der Waals surface area (Å²) in [5.74, 6) is -1.16. The Morgan fingerprint density at radius 1 is 1.50 bits per heavy atom. The van der Waals surface area contributed by atoms with Gasteiger partial charge in [0.2, 0.25) is 0 Å². The third kappa shape index (κ3) is 1.73. The molecule has 0 spiro atoms. The minimum Gasteiger partial charge on any atom is -0.478 e. The normalized spacial score (nSPS) is 14.1. The zero-order chi connectivity index (χ0) is 10.8. The summed E-state index contributed by atoms with van der Waals surface area (Å²) in [4.78, 5) is 10.8. The van der Waals surface area contributed by atoms with Gasteiger partial charge < -0.3 is 10.2 Å². The number of hydrogen-bond acceptors (Lipinski definition) is 3. The summed E-state index contributed by atoms with van der Waals surface area (Å²) in [5.41, 5.74) is -1.72. The lowest BCUT2D eigenvalue weighted by Gasteiger charge is -2.16. The average Bonchev–Trinajstić information content (AvgIpc) is 2.18. The number of aliphatic hydroxyl groups is 1. The second kappa shape index (κ2) is 3.48. The second-order valence-electron chi connectivity index (χ2n) is 3.03. The van der Waals surface area contributed by atoms with Crippen LogP contribution in [0.3, 0.4) is 0 Å². The zero-order valence-corrected chi connectivity index (χ0v) is 7.56. The molecule has 4 heteroatoms. The van der Waals surface area contributed by atoms with Crippen LogP contribution in [0.2, 0.25) is 0 Å². The Balaban J connectivity index is 3.36. The van der Waals surface area contributed by atoms with Gasteiger partial charge >= 0.3 is 5.97 Å². The van der Waals surface area contributed by atoms with Crippen LogP contribution in [0.25, 0.3) is 0 Å². The fourth-order valence-electron chi connectivity index (χ4n) is 1.15. The van der Waals surface area contributed by atoms with E-state index in [-0.39, 0.29) is 11.1 Å². The quantitative estimate of drug-likeness (QED) is 0.686. The van der Waals surface area contributed by atoms with Gasteiger partial charge in [-0.05, 0) is 13.0 Å². The molecule has 14 heavy (non-hydrogen) atoms. The molecule has 0 saturated heterocycles. The highest BCUT2D eigenvalue weighted by Gasteiger charge is 2.27. The topological polar surface area (TPSA) is 81.3 Å². The van der Waals surface area contributed by atoms with E-state index < -0.39 is 11.6 Å². The Kier molecular flexibility index (Phi) is 2.54. The average molecular weight is 191 g/mol. The third-order valence-corrected chi connectivity index (χ3v) is 1.90. The lowest BCUT2D eigenvalue weighted by Crippen LogP contribution is -2.21. The van der Waals surface area contributed by atoms with Crippen molar-refractivity contribution in [3.63, 3.8) is 0 Å². The van der Waals surface area contributed by atoms with Crippen molar-refractivity contribution in [3.05, 3.63) is 35.4 Å². The summed E-state index contributed by atoms with van der Waals surface area (Å²) in [6.07, 6.45) is 0. The maximum Gasteiger partial charge on any atom is 0.336 e. The lowest BCUT2D eigenvalue weighted by molar-refractivity contribution is 0.0678. The number of aromatic carboxylic acids is 1. The van der Waals surface area contributed by atoms with Crippen molar-refractivity contribution in [3.8, 4) is 6.07 Å². The summed E-state index contributed by atoms with van der Waals surface area (Å²) < 4.78 is 0. The molecule has 0 saturated carbocycles. The molecular formula is C10H9NO3. The Hall–Kier alpha value is -1.86. The van der Waals surface area contributed by atoms with Gasteiger partial charge in [-0.3, -0.25) is 0 Å². The maximum absolute atomic E-state index is 10.8. The number of carbonyl (C=O) groups is 1. The van der Waals surface area contributed by atoms with Gasteiger partial charge in [0.25, 0.3) is 0 Å². The first kappa shape index (κ1) is 10.2. The smallest absolute Gasteiger partial charge is 0.336 e. The molecule has 0 aliphatic carbocycles. The van der Waals surface area contributed by atoms with Gasteiger partial charge in [-0.1, -0.05) is 18.2 Å². The Bertz CT molecular complexity index is 404. The van der Waals surface area contributed by atoms with Crippen molar-refractivity contribution < 1.29 is 15.0 Å². The molecule has 0 amide bonds. The predicted octanol–water partition coefficient (Wildman–Crippen LogP) is 1.12. The highest BCUT2D eigenvalue weighted by atomic mass is 16.4. The van der Waals surface area contributed by atoms with Crippen molar-refractivity contribution in [1.29, 1.82) is 5.26 Å². The SMILES string of the molecule is CC(O)(C#N)c1ccccc1C(=O)O. The first-order chi connectivity index (χ1) is 6.49. The number of rotatable bonds is 2. The van der Waals surface area contributed by atoms with Gasteiger partial charge in [-0.2, -0.15) is 5.26 Å². The van der Waals surface area contributed by atoms with Crippen LogP contribution in [-0.2, 0) is 5.60 Å². The van der Waals surface area contributed by atoms with Crippen LogP contribution in [-0.4, -0.2) is 16.2 Å². The van der Waals surface area contributed by atoms with Crippen LogP contribution >= 0.6 is 0 Å². The largest absolute Gasteiger partial charge is 0.478 e. The first-order valence-corrected chi connectivity index (χ1v) is 3.95. The molecule has 1 unspecified atom stereocenters. The van der Waals surface area contributed by atoms with E-state index in [0.717, 1.165) is 0 Å². The number of carboxylic acid groups (broad SMARTS) is 1. The van der Waals surface area contributed by atoms with Gasteiger partial charge in [-0.25, -0.2) is 4.79 Å². The van der Waals surface area contributed by atoms with E-state index in [1.54, 1.807) is 18.2 Å². The molecule has 0 radical (unpaired) electrons. The van der Waals surface area contributed by atoms with Gasteiger partial charge in [0.05, 0.1) is 5.56 Å². The van der Waals surface area contributed by atoms with Crippen LogP contribution in [0.1, 0.15) is 22.8 Å².